The van der Waals surface area contributed by atoms with Gasteiger partial charge in [-0.05, 0) is 19.3 Å². The van der Waals surface area contributed by atoms with Gasteiger partial charge in [0.05, 0.1) is 0 Å². The summed E-state index contributed by atoms with van der Waals surface area (Å²) in [5, 5.41) is 0. The molecule has 72 valence electrons. The van der Waals surface area contributed by atoms with Crippen LogP contribution in [0.25, 0.3) is 0 Å². The molecule has 0 aliphatic carbocycles. The van der Waals surface area contributed by atoms with Crippen molar-refractivity contribution in [3.63, 3.8) is 0 Å². The first-order valence-electron chi connectivity index (χ1n) is 4.94. The summed E-state index contributed by atoms with van der Waals surface area (Å²) in [7, 11) is 0. The van der Waals surface area contributed by atoms with Gasteiger partial charge in [0, 0.05) is 18.4 Å². The van der Waals surface area contributed by atoms with Crippen molar-refractivity contribution in [1.29, 1.82) is 0 Å². The van der Waals surface area contributed by atoms with E-state index in [1.54, 1.807) is 0 Å². The number of Topliss-reactive ketones (excluding diaryl/α,β-unsaturated/α-hetero) is 1. The number of hydrogen-bond donors (Lipinski definition) is 1. The molecule has 2 heteroatoms. The van der Waals surface area contributed by atoms with Crippen molar-refractivity contribution in [2.75, 3.05) is 6.54 Å². The van der Waals surface area contributed by atoms with Crippen molar-refractivity contribution in [3.05, 3.63) is 0 Å². The number of carbonyl (C=O) groups excluding carboxylic acids is 1. The molecule has 0 radical (unpaired) electrons. The molecule has 0 bridgehead atoms. The predicted octanol–water partition coefficient (Wildman–Crippen LogP) is 1.98. The van der Waals surface area contributed by atoms with Crippen LogP contribution in [-0.4, -0.2) is 12.3 Å². The average Bonchev–Trinajstić information content (AvgIpc) is 2.09. The Kier molecular flexibility index (Phi) is 5.99. The maximum Gasteiger partial charge on any atom is 0.140 e. The van der Waals surface area contributed by atoms with Gasteiger partial charge in [0.1, 0.15) is 5.78 Å². The van der Waals surface area contributed by atoms with Gasteiger partial charge < -0.3 is 5.73 Å². The van der Waals surface area contributed by atoms with E-state index in [1.165, 1.54) is 0 Å². The molecule has 1 unspecified atom stereocenters. The topological polar surface area (TPSA) is 43.1 Å². The number of rotatable bonds is 6. The van der Waals surface area contributed by atoms with Crippen molar-refractivity contribution in [2.24, 2.45) is 17.6 Å². The first-order valence-corrected chi connectivity index (χ1v) is 4.94. The van der Waals surface area contributed by atoms with Crippen molar-refractivity contribution in [2.45, 2.75) is 40.0 Å². The molecule has 0 aliphatic rings. The predicted molar refractivity (Wildman–Crippen MR) is 51.9 cm³/mol. The van der Waals surface area contributed by atoms with Crippen molar-refractivity contribution in [3.8, 4) is 0 Å². The van der Waals surface area contributed by atoms with Crippen molar-refractivity contribution in [1.82, 2.24) is 0 Å². The van der Waals surface area contributed by atoms with E-state index in [9.17, 15) is 4.79 Å². The smallest absolute Gasteiger partial charge is 0.140 e. The average molecular weight is 171 g/mol. The van der Waals surface area contributed by atoms with E-state index in [1.807, 2.05) is 6.92 Å². The highest BCUT2D eigenvalue weighted by atomic mass is 16.1. The van der Waals surface area contributed by atoms with Gasteiger partial charge in [-0.3, -0.25) is 4.79 Å². The Hall–Kier alpha value is -0.370. The van der Waals surface area contributed by atoms with Crippen LogP contribution in [0.4, 0.5) is 0 Å². The van der Waals surface area contributed by atoms with Crippen LogP contribution in [0, 0.1) is 11.8 Å². The summed E-state index contributed by atoms with van der Waals surface area (Å²) in [6, 6.07) is 0. The standard InChI is InChI=1S/C10H21NO/c1-4-8(5-2)10(12)9(6-3)7-11/h8-9H,4-7,11H2,1-3H3. The molecular weight excluding hydrogens is 150 g/mol. The number of nitrogens with two attached hydrogens (primary N) is 1. The highest BCUT2D eigenvalue weighted by Crippen LogP contribution is 2.16. The van der Waals surface area contributed by atoms with E-state index in [4.69, 9.17) is 5.73 Å². The SMILES string of the molecule is CCC(CC)C(=O)C(CC)CN. The second-order valence-corrected chi connectivity index (χ2v) is 3.26. The zero-order valence-corrected chi connectivity index (χ0v) is 8.47. The summed E-state index contributed by atoms with van der Waals surface area (Å²) >= 11 is 0. The van der Waals surface area contributed by atoms with Crippen LogP contribution in [0.15, 0.2) is 0 Å². The van der Waals surface area contributed by atoms with Gasteiger partial charge in [-0.1, -0.05) is 20.8 Å². The van der Waals surface area contributed by atoms with Crippen LogP contribution in [0.2, 0.25) is 0 Å². The number of ketones is 1. The monoisotopic (exact) mass is 171 g/mol. The molecule has 2 nitrogen and oxygen atoms in total. The van der Waals surface area contributed by atoms with Crippen LogP contribution >= 0.6 is 0 Å². The third kappa shape index (κ3) is 2.94. The quantitative estimate of drug-likeness (QED) is 0.664. The molecule has 0 aromatic carbocycles. The minimum absolute atomic E-state index is 0.0925. The lowest BCUT2D eigenvalue weighted by atomic mass is 9.88. The Morgan fingerprint density at radius 1 is 1.08 bits per heavy atom. The molecule has 0 saturated heterocycles. The molecule has 0 spiro atoms. The molecule has 2 N–H and O–H groups in total. The first-order chi connectivity index (χ1) is 5.71. The molecule has 0 aromatic heterocycles. The highest BCUT2D eigenvalue weighted by molar-refractivity contribution is 5.83. The van der Waals surface area contributed by atoms with Crippen molar-refractivity contribution < 1.29 is 4.79 Å². The van der Waals surface area contributed by atoms with Crippen LogP contribution in [0.1, 0.15) is 40.0 Å². The fourth-order valence-electron chi connectivity index (χ4n) is 1.51. The summed E-state index contributed by atoms with van der Waals surface area (Å²) in [6.07, 6.45) is 2.78. The Bertz CT molecular complexity index is 112. The highest BCUT2D eigenvalue weighted by Gasteiger charge is 2.21. The van der Waals surface area contributed by atoms with Gasteiger partial charge in [-0.2, -0.15) is 0 Å². The van der Waals surface area contributed by atoms with Crippen LogP contribution in [0.3, 0.4) is 0 Å². The van der Waals surface area contributed by atoms with Gasteiger partial charge in [0.25, 0.3) is 0 Å². The minimum atomic E-state index is 0.0925. The zero-order chi connectivity index (χ0) is 9.56. The van der Waals surface area contributed by atoms with Crippen LogP contribution in [-0.2, 0) is 4.79 Å². The second kappa shape index (κ2) is 6.18. The fourth-order valence-corrected chi connectivity index (χ4v) is 1.51. The molecule has 0 amide bonds. The molecular formula is C10H21NO. The summed E-state index contributed by atoms with van der Waals surface area (Å²) in [5.74, 6) is 0.693. The maximum atomic E-state index is 11.7. The first kappa shape index (κ1) is 11.6. The summed E-state index contributed by atoms with van der Waals surface area (Å²) in [5.41, 5.74) is 5.51. The number of carbonyl (C=O) groups is 1. The molecule has 1 atom stereocenters. The number of hydrogen-bond acceptors (Lipinski definition) is 2. The van der Waals surface area contributed by atoms with Crippen molar-refractivity contribution >= 4 is 5.78 Å². The zero-order valence-electron chi connectivity index (χ0n) is 8.47. The molecule has 0 rings (SSSR count). The van der Waals surface area contributed by atoms with Gasteiger partial charge in [-0.15, -0.1) is 0 Å². The third-order valence-corrected chi connectivity index (χ3v) is 2.57. The molecule has 12 heavy (non-hydrogen) atoms. The second-order valence-electron chi connectivity index (χ2n) is 3.26. The molecule has 0 saturated carbocycles. The van der Waals surface area contributed by atoms with Crippen LogP contribution < -0.4 is 5.73 Å². The Morgan fingerprint density at radius 2 is 1.50 bits per heavy atom. The summed E-state index contributed by atoms with van der Waals surface area (Å²) < 4.78 is 0. The normalized spacial score (nSPS) is 13.4. The lowest BCUT2D eigenvalue weighted by molar-refractivity contribution is -0.126. The van der Waals surface area contributed by atoms with E-state index in [0.717, 1.165) is 19.3 Å². The Morgan fingerprint density at radius 3 is 1.75 bits per heavy atom. The van der Waals surface area contributed by atoms with Gasteiger partial charge in [-0.25, -0.2) is 0 Å². The Labute approximate surface area is 75.5 Å². The molecule has 0 fully saturated rings. The molecule has 0 aromatic rings. The summed E-state index contributed by atoms with van der Waals surface area (Å²) in [4.78, 5) is 11.7. The lowest BCUT2D eigenvalue weighted by Crippen LogP contribution is -2.28. The van der Waals surface area contributed by atoms with E-state index in [2.05, 4.69) is 13.8 Å². The largest absolute Gasteiger partial charge is 0.330 e. The van der Waals surface area contributed by atoms with E-state index < -0.39 is 0 Å². The maximum absolute atomic E-state index is 11.7. The van der Waals surface area contributed by atoms with E-state index >= 15 is 0 Å². The summed E-state index contributed by atoms with van der Waals surface area (Å²) in [6.45, 7) is 6.66. The molecule has 0 aliphatic heterocycles. The minimum Gasteiger partial charge on any atom is -0.330 e. The molecule has 0 heterocycles. The van der Waals surface area contributed by atoms with E-state index in [0.29, 0.717) is 12.3 Å². The third-order valence-electron chi connectivity index (χ3n) is 2.57. The fraction of sp³-hybridized carbons (Fsp3) is 0.900. The van der Waals surface area contributed by atoms with Gasteiger partial charge >= 0.3 is 0 Å². The van der Waals surface area contributed by atoms with Crippen LogP contribution in [0.5, 0.6) is 0 Å². The van der Waals surface area contributed by atoms with Gasteiger partial charge in [0.15, 0.2) is 0 Å². The van der Waals surface area contributed by atoms with Gasteiger partial charge in [0.2, 0.25) is 0 Å². The lowest BCUT2D eigenvalue weighted by Gasteiger charge is -2.17. The Balaban J connectivity index is 4.12. The van der Waals surface area contributed by atoms with E-state index in [-0.39, 0.29) is 11.8 Å².